The third kappa shape index (κ3) is 1.15. The number of rotatable bonds is 0. The number of hydrogen-bond donors (Lipinski definition) is 2. The summed E-state index contributed by atoms with van der Waals surface area (Å²) in [6.07, 6.45) is 0. The molecule has 3 N–H and O–H groups in total. The van der Waals surface area contributed by atoms with Gasteiger partial charge in [0.1, 0.15) is 0 Å². The average Bonchev–Trinajstić information content (AvgIpc) is 2.40. The van der Waals surface area contributed by atoms with E-state index in [9.17, 15) is 0 Å². The van der Waals surface area contributed by atoms with Crippen molar-refractivity contribution in [3.05, 3.63) is 5.69 Å². The van der Waals surface area contributed by atoms with Crippen LogP contribution < -0.4 is 11.1 Å². The predicted octanol–water partition coefficient (Wildman–Crippen LogP) is -1.34. The van der Waals surface area contributed by atoms with E-state index < -0.39 is 0 Å². The van der Waals surface area contributed by atoms with Crippen LogP contribution >= 0.6 is 0 Å². The number of nitrogens with two attached hydrogens (primary N) is 1. The molecule has 0 amide bonds. The molecule has 0 spiro atoms. The minimum absolute atomic E-state index is 0.0187. The molecule has 0 unspecified atom stereocenters. The molecule has 0 aromatic carbocycles. The molecule has 0 fully saturated rings. The van der Waals surface area contributed by atoms with Gasteiger partial charge in [0.15, 0.2) is 0 Å². The molecule has 0 radical (unpaired) electrons. The van der Waals surface area contributed by atoms with Crippen LogP contribution in [-0.2, 0) is 0 Å². The van der Waals surface area contributed by atoms with E-state index in [-0.39, 0.29) is 15.0 Å². The van der Waals surface area contributed by atoms with Crippen molar-refractivity contribution in [3.8, 4) is 0 Å². The molecule has 2 heterocycles. The Morgan fingerprint density at radius 2 is 2.36 bits per heavy atom. The van der Waals surface area contributed by atoms with Crippen LogP contribution in [0.3, 0.4) is 0 Å². The van der Waals surface area contributed by atoms with Crippen LogP contribution in [0.4, 0.5) is 5.82 Å². The molecule has 11 heavy (non-hydrogen) atoms. The van der Waals surface area contributed by atoms with Gasteiger partial charge in [-0.1, -0.05) is 0 Å². The number of fused-ring (bicyclic) bond motifs is 1. The molecular weight excluding hydrogens is 209 g/mol. The summed E-state index contributed by atoms with van der Waals surface area (Å²) in [6, 6.07) is 0. The van der Waals surface area contributed by atoms with Crippen LogP contribution in [0.25, 0.3) is 0 Å². The number of nitrogens with one attached hydrogen (secondary N) is 1. The number of aliphatic imine (C=N–C) groups is 1. The van der Waals surface area contributed by atoms with Crippen molar-refractivity contribution in [2.24, 2.45) is 10.7 Å². The molecule has 58 valence electrons. The molecule has 1 aromatic rings. The van der Waals surface area contributed by atoms with Gasteiger partial charge in [0, 0.05) is 0 Å². The molecule has 2 rings (SSSR count). The van der Waals surface area contributed by atoms with Gasteiger partial charge in [-0.15, -0.1) is 0 Å². The van der Waals surface area contributed by atoms with E-state index in [1.165, 1.54) is 0 Å². The Labute approximate surface area is 69.9 Å². The normalized spacial score (nSPS) is 16.2. The molecule has 1 aromatic heterocycles. The first-order chi connectivity index (χ1) is 5.38. The molecule has 1 aliphatic rings. The van der Waals surface area contributed by atoms with Crippen molar-refractivity contribution in [1.29, 1.82) is 0 Å². The van der Waals surface area contributed by atoms with Gasteiger partial charge in [-0.3, -0.25) is 0 Å². The van der Waals surface area contributed by atoms with Crippen LogP contribution in [0.2, 0.25) is 0 Å². The third-order valence-electron chi connectivity index (χ3n) is 1.42. The summed E-state index contributed by atoms with van der Waals surface area (Å²) in [4.78, 5) is 4.10. The van der Waals surface area contributed by atoms with Gasteiger partial charge in [-0.25, -0.2) is 0 Å². The quantitative estimate of drug-likeness (QED) is 0.526. The average molecular weight is 216 g/mol. The fraction of sp³-hybridized carbons (Fsp3) is 0.400. The topological polar surface area (TPSA) is 76.2 Å². The van der Waals surface area contributed by atoms with Crippen molar-refractivity contribution in [2.75, 3.05) is 18.4 Å². The predicted molar refractivity (Wildman–Crippen MR) is 43.1 cm³/mol. The number of hydrogen-bond acceptors (Lipinski definition) is 5. The first kappa shape index (κ1) is 6.82. The van der Waals surface area contributed by atoms with Crippen LogP contribution in [0.15, 0.2) is 4.99 Å². The molecule has 5 nitrogen and oxygen atoms in total. The third-order valence-corrected chi connectivity index (χ3v) is 2.53. The number of nitrogens with zero attached hydrogens (tertiary/aromatic N) is 3. The van der Waals surface area contributed by atoms with Crippen molar-refractivity contribution in [1.82, 2.24) is 7.96 Å². The van der Waals surface area contributed by atoms with E-state index in [0.29, 0.717) is 12.4 Å². The summed E-state index contributed by atoms with van der Waals surface area (Å²) >= 11 is -0.0187. The first-order valence-corrected chi connectivity index (χ1v) is 4.78. The fourth-order valence-electron chi connectivity index (χ4n) is 0.898. The molecule has 0 saturated heterocycles. The first-order valence-electron chi connectivity index (χ1n) is 3.24. The summed E-state index contributed by atoms with van der Waals surface area (Å²) in [7, 11) is 0. The van der Waals surface area contributed by atoms with E-state index >= 15 is 0 Å². The Morgan fingerprint density at radius 3 is 3.27 bits per heavy atom. The Kier molecular flexibility index (Phi) is 1.63. The van der Waals surface area contributed by atoms with Crippen molar-refractivity contribution in [3.63, 3.8) is 0 Å². The number of amidine groups is 1. The fourth-order valence-corrected chi connectivity index (χ4v) is 2.02. The van der Waals surface area contributed by atoms with Gasteiger partial charge >= 0.3 is 69.4 Å². The van der Waals surface area contributed by atoms with E-state index in [4.69, 9.17) is 5.73 Å². The van der Waals surface area contributed by atoms with Crippen LogP contribution in [-0.4, -0.2) is 41.8 Å². The summed E-state index contributed by atoms with van der Waals surface area (Å²) in [6.45, 7) is 1.51. The second-order valence-electron chi connectivity index (χ2n) is 2.16. The van der Waals surface area contributed by atoms with E-state index in [2.05, 4.69) is 18.3 Å². The van der Waals surface area contributed by atoms with Crippen LogP contribution in [0.1, 0.15) is 5.69 Å². The Bertz CT molecular complexity index is 291. The van der Waals surface area contributed by atoms with Crippen molar-refractivity contribution < 1.29 is 0 Å². The second kappa shape index (κ2) is 2.64. The molecule has 1 aliphatic heterocycles. The molecule has 0 atom stereocenters. The molecule has 0 aliphatic carbocycles. The second-order valence-corrected chi connectivity index (χ2v) is 3.26. The van der Waals surface area contributed by atoms with Gasteiger partial charge in [0.2, 0.25) is 0 Å². The molecule has 0 bridgehead atoms. The summed E-state index contributed by atoms with van der Waals surface area (Å²) in [5.74, 6) is 1.34. The van der Waals surface area contributed by atoms with Gasteiger partial charge in [0.25, 0.3) is 0 Å². The van der Waals surface area contributed by atoms with E-state index in [1.54, 1.807) is 0 Å². The zero-order valence-electron chi connectivity index (χ0n) is 5.74. The molecule has 0 saturated carbocycles. The van der Waals surface area contributed by atoms with E-state index in [1.807, 2.05) is 0 Å². The van der Waals surface area contributed by atoms with E-state index in [0.717, 1.165) is 18.1 Å². The number of aromatic nitrogens is 2. The van der Waals surface area contributed by atoms with Crippen LogP contribution in [0.5, 0.6) is 0 Å². The van der Waals surface area contributed by atoms with Gasteiger partial charge < -0.3 is 0 Å². The summed E-state index contributed by atoms with van der Waals surface area (Å²) < 4.78 is 8.33. The molecule has 6 heteroatoms. The maximum absolute atomic E-state index is 5.63. The Balaban J connectivity index is 2.48. The van der Waals surface area contributed by atoms with Gasteiger partial charge in [-0.05, 0) is 0 Å². The van der Waals surface area contributed by atoms with Crippen molar-refractivity contribution in [2.45, 2.75) is 0 Å². The van der Waals surface area contributed by atoms with Crippen LogP contribution in [0, 0.1) is 0 Å². The Hall–Kier alpha value is -0.871. The zero-order valence-corrected chi connectivity index (χ0v) is 7.45. The summed E-state index contributed by atoms with van der Waals surface area (Å²) in [5.41, 5.74) is 6.38. The Morgan fingerprint density at radius 1 is 1.45 bits per heavy atom. The monoisotopic (exact) mass is 217 g/mol. The van der Waals surface area contributed by atoms with Gasteiger partial charge in [-0.2, -0.15) is 0 Å². The molecular formula is C5H7N5Se. The minimum atomic E-state index is -0.0187. The summed E-state index contributed by atoms with van der Waals surface area (Å²) in [5, 5.41) is 3.11. The SMILES string of the molecule is NC1=NCCNc2n[se]nc21. The van der Waals surface area contributed by atoms with Crippen molar-refractivity contribution >= 4 is 26.6 Å². The zero-order chi connectivity index (χ0) is 7.68. The van der Waals surface area contributed by atoms with Gasteiger partial charge in [0.05, 0.1) is 0 Å². The number of anilines is 1. The standard InChI is InChI=1S/C5H7N5Se/c6-4-3-5(10-11-9-3)8-2-1-7-4/h1-2H2,(H2,6,7)(H,8,10). The maximum atomic E-state index is 5.63.